The minimum atomic E-state index is -0.472. The van der Waals surface area contributed by atoms with E-state index in [2.05, 4.69) is 21.2 Å². The minimum Gasteiger partial charge on any atom is -0.444 e. The molecule has 4 nitrogen and oxygen atoms in total. The molecule has 0 spiro atoms. The Bertz CT molecular complexity index is 485. The van der Waals surface area contributed by atoms with Crippen molar-refractivity contribution in [2.24, 2.45) is 0 Å². The summed E-state index contributed by atoms with van der Waals surface area (Å²) in [5, 5.41) is 3.34. The van der Waals surface area contributed by atoms with Gasteiger partial charge in [-0.1, -0.05) is 34.1 Å². The fourth-order valence-electron chi connectivity index (χ4n) is 2.27. The van der Waals surface area contributed by atoms with Crippen molar-refractivity contribution in [1.82, 2.24) is 10.2 Å². The normalized spacial score (nSPS) is 19.8. The van der Waals surface area contributed by atoms with Crippen molar-refractivity contribution >= 4 is 22.0 Å². The third-order valence-electron chi connectivity index (χ3n) is 3.14. The minimum absolute atomic E-state index is 0.00539. The summed E-state index contributed by atoms with van der Waals surface area (Å²) < 4.78 is 6.53. The molecule has 1 aromatic carbocycles. The van der Waals surface area contributed by atoms with Crippen molar-refractivity contribution in [3.8, 4) is 0 Å². The highest BCUT2D eigenvalue weighted by atomic mass is 79.9. The van der Waals surface area contributed by atoms with Gasteiger partial charge in [0.1, 0.15) is 5.60 Å². The first-order valence-corrected chi connectivity index (χ1v) is 7.62. The molecule has 0 aliphatic carbocycles. The Labute approximate surface area is 128 Å². The lowest BCUT2D eigenvalue weighted by atomic mass is 10.0. The van der Waals surface area contributed by atoms with Gasteiger partial charge >= 0.3 is 6.09 Å². The van der Waals surface area contributed by atoms with E-state index in [0.29, 0.717) is 6.54 Å². The van der Waals surface area contributed by atoms with E-state index in [1.807, 2.05) is 49.9 Å². The zero-order valence-corrected chi connectivity index (χ0v) is 13.7. The molecule has 2 rings (SSSR count). The first kappa shape index (κ1) is 15.3. The molecule has 1 fully saturated rings. The van der Waals surface area contributed by atoms with Gasteiger partial charge in [-0.15, -0.1) is 0 Å². The highest BCUT2D eigenvalue weighted by Gasteiger charge is 2.32. The van der Waals surface area contributed by atoms with Crippen molar-refractivity contribution in [3.05, 3.63) is 34.3 Å². The van der Waals surface area contributed by atoms with Crippen LogP contribution in [-0.4, -0.2) is 36.2 Å². The van der Waals surface area contributed by atoms with Gasteiger partial charge in [0.15, 0.2) is 0 Å². The number of benzene rings is 1. The highest BCUT2D eigenvalue weighted by Crippen LogP contribution is 2.29. The molecule has 1 amide bonds. The molecule has 0 saturated carbocycles. The van der Waals surface area contributed by atoms with Crippen LogP contribution in [0, 0.1) is 0 Å². The Morgan fingerprint density at radius 3 is 2.75 bits per heavy atom. The van der Waals surface area contributed by atoms with E-state index in [4.69, 9.17) is 4.74 Å². The van der Waals surface area contributed by atoms with Gasteiger partial charge in [-0.25, -0.2) is 4.79 Å². The lowest BCUT2D eigenvalue weighted by Crippen LogP contribution is -2.50. The van der Waals surface area contributed by atoms with Gasteiger partial charge in [0.05, 0.1) is 6.04 Å². The lowest BCUT2D eigenvalue weighted by molar-refractivity contribution is 0.0117. The quantitative estimate of drug-likeness (QED) is 0.852. The second kappa shape index (κ2) is 6.14. The van der Waals surface area contributed by atoms with Crippen LogP contribution >= 0.6 is 15.9 Å². The molecule has 1 saturated heterocycles. The Morgan fingerprint density at radius 2 is 2.10 bits per heavy atom. The van der Waals surface area contributed by atoms with E-state index in [1.165, 1.54) is 0 Å². The van der Waals surface area contributed by atoms with Crippen molar-refractivity contribution in [3.63, 3.8) is 0 Å². The van der Waals surface area contributed by atoms with E-state index >= 15 is 0 Å². The number of rotatable bonds is 1. The standard InChI is InChI=1S/C15H21BrN2O2/c1-15(2,3)20-14(19)18-9-8-17-10-13(18)11-6-4-5-7-12(11)16/h4-7,13,17H,8-10H2,1-3H3/t13-/m0/s1. The van der Waals surface area contributed by atoms with Gasteiger partial charge in [0.25, 0.3) is 0 Å². The lowest BCUT2D eigenvalue weighted by Gasteiger charge is -2.37. The van der Waals surface area contributed by atoms with Crippen LogP contribution in [0.5, 0.6) is 0 Å². The summed E-state index contributed by atoms with van der Waals surface area (Å²) >= 11 is 3.56. The Hall–Kier alpha value is -1.07. The third-order valence-corrected chi connectivity index (χ3v) is 3.86. The zero-order valence-electron chi connectivity index (χ0n) is 12.1. The number of hydrogen-bond donors (Lipinski definition) is 1. The molecule has 1 N–H and O–H groups in total. The fraction of sp³-hybridized carbons (Fsp3) is 0.533. The molecule has 1 heterocycles. The van der Waals surface area contributed by atoms with Crippen molar-refractivity contribution in [2.75, 3.05) is 19.6 Å². The number of carbonyl (C=O) groups is 1. The van der Waals surface area contributed by atoms with Crippen LogP contribution < -0.4 is 5.32 Å². The molecular formula is C15H21BrN2O2. The molecule has 0 unspecified atom stereocenters. The second-order valence-corrected chi connectivity index (χ2v) is 6.77. The summed E-state index contributed by atoms with van der Waals surface area (Å²) in [6, 6.07) is 7.99. The SMILES string of the molecule is CC(C)(C)OC(=O)N1CCNC[C@H]1c1ccccc1Br. The molecular weight excluding hydrogens is 320 g/mol. The summed E-state index contributed by atoms with van der Waals surface area (Å²) in [7, 11) is 0. The van der Waals surface area contributed by atoms with Crippen molar-refractivity contribution in [2.45, 2.75) is 32.4 Å². The van der Waals surface area contributed by atoms with Gasteiger partial charge < -0.3 is 10.1 Å². The summed E-state index contributed by atoms with van der Waals surface area (Å²) in [4.78, 5) is 14.2. The average molecular weight is 341 g/mol. The molecule has 0 radical (unpaired) electrons. The number of nitrogens with one attached hydrogen (secondary N) is 1. The molecule has 1 atom stereocenters. The summed E-state index contributed by atoms with van der Waals surface area (Å²) in [5.74, 6) is 0. The third kappa shape index (κ3) is 3.73. The van der Waals surface area contributed by atoms with Gasteiger partial charge in [-0.05, 0) is 32.4 Å². The largest absolute Gasteiger partial charge is 0.444 e. The molecule has 1 aromatic rings. The van der Waals surface area contributed by atoms with Crippen LogP contribution in [0.3, 0.4) is 0 Å². The molecule has 5 heteroatoms. The Morgan fingerprint density at radius 1 is 1.40 bits per heavy atom. The Balaban J connectivity index is 2.22. The zero-order chi connectivity index (χ0) is 14.8. The predicted octanol–water partition coefficient (Wildman–Crippen LogP) is 3.33. The maximum atomic E-state index is 12.4. The maximum Gasteiger partial charge on any atom is 0.410 e. The molecule has 1 aliphatic heterocycles. The average Bonchev–Trinajstić information content (AvgIpc) is 2.37. The number of carbonyl (C=O) groups excluding carboxylic acids is 1. The van der Waals surface area contributed by atoms with Crippen LogP contribution in [0.4, 0.5) is 4.79 Å². The van der Waals surface area contributed by atoms with Crippen molar-refractivity contribution in [1.29, 1.82) is 0 Å². The smallest absolute Gasteiger partial charge is 0.410 e. The van der Waals surface area contributed by atoms with E-state index < -0.39 is 5.60 Å². The molecule has 0 aromatic heterocycles. The highest BCUT2D eigenvalue weighted by molar-refractivity contribution is 9.10. The Kier molecular flexibility index (Phi) is 4.70. The van der Waals surface area contributed by atoms with E-state index in [9.17, 15) is 4.79 Å². The van der Waals surface area contributed by atoms with Gasteiger partial charge in [-0.2, -0.15) is 0 Å². The van der Waals surface area contributed by atoms with Gasteiger partial charge in [-0.3, -0.25) is 4.90 Å². The number of nitrogens with zero attached hydrogens (tertiary/aromatic N) is 1. The van der Waals surface area contributed by atoms with E-state index in [0.717, 1.165) is 23.1 Å². The van der Waals surface area contributed by atoms with Gasteiger partial charge in [0, 0.05) is 24.1 Å². The predicted molar refractivity (Wildman–Crippen MR) is 82.7 cm³/mol. The molecule has 20 heavy (non-hydrogen) atoms. The number of piperazine rings is 1. The van der Waals surface area contributed by atoms with Gasteiger partial charge in [0.2, 0.25) is 0 Å². The van der Waals surface area contributed by atoms with Crippen LogP contribution in [0.25, 0.3) is 0 Å². The second-order valence-electron chi connectivity index (χ2n) is 5.92. The number of halogens is 1. The monoisotopic (exact) mass is 340 g/mol. The topological polar surface area (TPSA) is 41.6 Å². The fourth-order valence-corrected chi connectivity index (χ4v) is 2.82. The van der Waals surface area contributed by atoms with E-state index in [-0.39, 0.29) is 12.1 Å². The van der Waals surface area contributed by atoms with Crippen LogP contribution in [0.2, 0.25) is 0 Å². The maximum absolute atomic E-state index is 12.4. The summed E-state index contributed by atoms with van der Waals surface area (Å²) in [6.07, 6.45) is -0.250. The first-order valence-electron chi connectivity index (χ1n) is 6.83. The van der Waals surface area contributed by atoms with Crippen LogP contribution in [-0.2, 0) is 4.74 Å². The van der Waals surface area contributed by atoms with Crippen molar-refractivity contribution < 1.29 is 9.53 Å². The summed E-state index contributed by atoms with van der Waals surface area (Å²) in [5.41, 5.74) is 0.631. The number of ether oxygens (including phenoxy) is 1. The van der Waals surface area contributed by atoms with E-state index in [1.54, 1.807) is 0 Å². The van der Waals surface area contributed by atoms with Crippen LogP contribution in [0.1, 0.15) is 32.4 Å². The molecule has 110 valence electrons. The summed E-state index contributed by atoms with van der Waals surface area (Å²) in [6.45, 7) is 7.85. The number of hydrogen-bond acceptors (Lipinski definition) is 3. The number of amides is 1. The molecule has 0 bridgehead atoms. The first-order chi connectivity index (χ1) is 9.38. The van der Waals surface area contributed by atoms with Crippen LogP contribution in [0.15, 0.2) is 28.7 Å². The molecule has 1 aliphatic rings.